The van der Waals surface area contributed by atoms with Gasteiger partial charge in [0.15, 0.2) is 0 Å². The maximum atomic E-state index is 11.1. The number of rotatable bonds is 8. The molecule has 0 bridgehead atoms. The number of esters is 1. The molecule has 106 valence electrons. The number of halogens is 2. The Hall–Kier alpha value is -0.930. The molecule has 3 nitrogen and oxygen atoms in total. The Morgan fingerprint density at radius 2 is 2.05 bits per heavy atom. The molecule has 0 aromatic heterocycles. The van der Waals surface area contributed by atoms with Crippen molar-refractivity contribution in [1.29, 1.82) is 0 Å². The Morgan fingerprint density at radius 3 is 2.79 bits per heavy atom. The van der Waals surface area contributed by atoms with Crippen molar-refractivity contribution in [2.75, 3.05) is 18.5 Å². The molecule has 0 unspecified atom stereocenters. The quantitative estimate of drug-likeness (QED) is 0.566. The van der Waals surface area contributed by atoms with Crippen molar-refractivity contribution in [2.45, 2.75) is 32.6 Å². The van der Waals surface area contributed by atoms with E-state index in [4.69, 9.17) is 27.9 Å². The van der Waals surface area contributed by atoms with Gasteiger partial charge in [0.05, 0.1) is 17.3 Å². The van der Waals surface area contributed by atoms with E-state index in [0.717, 1.165) is 31.5 Å². The van der Waals surface area contributed by atoms with Crippen molar-refractivity contribution in [2.24, 2.45) is 0 Å². The highest BCUT2D eigenvalue weighted by Crippen LogP contribution is 2.25. The molecule has 0 aliphatic heterocycles. The van der Waals surface area contributed by atoms with Crippen LogP contribution in [0.2, 0.25) is 10.0 Å². The lowest BCUT2D eigenvalue weighted by Gasteiger charge is -2.08. The van der Waals surface area contributed by atoms with E-state index in [0.29, 0.717) is 23.1 Å². The van der Waals surface area contributed by atoms with Crippen LogP contribution in [0.1, 0.15) is 32.6 Å². The van der Waals surface area contributed by atoms with Gasteiger partial charge in [-0.05, 0) is 38.0 Å². The molecule has 0 atom stereocenters. The Labute approximate surface area is 124 Å². The van der Waals surface area contributed by atoms with Gasteiger partial charge in [-0.3, -0.25) is 4.79 Å². The summed E-state index contributed by atoms with van der Waals surface area (Å²) in [5, 5.41) is 4.56. The van der Waals surface area contributed by atoms with E-state index in [1.165, 1.54) is 0 Å². The van der Waals surface area contributed by atoms with Crippen LogP contribution in [0.15, 0.2) is 18.2 Å². The van der Waals surface area contributed by atoms with Crippen LogP contribution in [-0.4, -0.2) is 19.1 Å². The first kappa shape index (κ1) is 16.1. The molecule has 0 amide bonds. The Balaban J connectivity index is 2.14. The fourth-order valence-electron chi connectivity index (χ4n) is 1.66. The standard InChI is InChI=1S/C14H19Cl2NO2/c1-2-19-14(18)6-4-3-5-9-17-13-10-11(15)7-8-12(13)16/h7-8,10,17H,2-6,9H2,1H3. The summed E-state index contributed by atoms with van der Waals surface area (Å²) in [6.07, 6.45) is 3.29. The normalized spacial score (nSPS) is 10.3. The minimum atomic E-state index is -0.117. The van der Waals surface area contributed by atoms with Crippen molar-refractivity contribution in [3.63, 3.8) is 0 Å². The van der Waals surface area contributed by atoms with E-state index in [9.17, 15) is 4.79 Å². The van der Waals surface area contributed by atoms with Gasteiger partial charge in [0, 0.05) is 18.0 Å². The summed E-state index contributed by atoms with van der Waals surface area (Å²) in [4.78, 5) is 11.1. The second kappa shape index (κ2) is 9.05. The zero-order valence-electron chi connectivity index (χ0n) is 11.0. The fourth-order valence-corrected chi connectivity index (χ4v) is 2.02. The molecule has 1 N–H and O–H groups in total. The zero-order chi connectivity index (χ0) is 14.1. The van der Waals surface area contributed by atoms with Gasteiger partial charge >= 0.3 is 5.97 Å². The number of hydrogen-bond donors (Lipinski definition) is 1. The van der Waals surface area contributed by atoms with Crippen LogP contribution < -0.4 is 5.32 Å². The predicted octanol–water partition coefficient (Wildman–Crippen LogP) is 4.53. The number of benzene rings is 1. The van der Waals surface area contributed by atoms with Gasteiger partial charge in [-0.1, -0.05) is 29.6 Å². The van der Waals surface area contributed by atoms with Gasteiger partial charge in [0.1, 0.15) is 0 Å². The van der Waals surface area contributed by atoms with Gasteiger partial charge in [0.2, 0.25) is 0 Å². The average Bonchev–Trinajstić information content (AvgIpc) is 2.38. The highest BCUT2D eigenvalue weighted by atomic mass is 35.5. The molecule has 1 aromatic carbocycles. The Bertz CT molecular complexity index is 410. The number of hydrogen-bond acceptors (Lipinski definition) is 3. The largest absolute Gasteiger partial charge is 0.466 e. The summed E-state index contributed by atoms with van der Waals surface area (Å²) in [5.74, 6) is -0.117. The van der Waals surface area contributed by atoms with Gasteiger partial charge in [-0.2, -0.15) is 0 Å². The summed E-state index contributed by atoms with van der Waals surface area (Å²) >= 11 is 11.9. The van der Waals surface area contributed by atoms with Crippen molar-refractivity contribution in [1.82, 2.24) is 0 Å². The first-order valence-corrected chi connectivity index (χ1v) is 7.23. The maximum Gasteiger partial charge on any atom is 0.305 e. The van der Waals surface area contributed by atoms with Gasteiger partial charge in [-0.15, -0.1) is 0 Å². The number of nitrogens with one attached hydrogen (secondary N) is 1. The van der Waals surface area contributed by atoms with Crippen molar-refractivity contribution < 1.29 is 9.53 Å². The number of carbonyl (C=O) groups excluding carboxylic acids is 1. The zero-order valence-corrected chi connectivity index (χ0v) is 12.6. The first-order chi connectivity index (χ1) is 9.13. The highest BCUT2D eigenvalue weighted by Gasteiger charge is 2.02. The van der Waals surface area contributed by atoms with E-state index in [2.05, 4.69) is 5.32 Å². The third-order valence-electron chi connectivity index (χ3n) is 2.61. The summed E-state index contributed by atoms with van der Waals surface area (Å²) in [7, 11) is 0. The lowest BCUT2D eigenvalue weighted by Crippen LogP contribution is -2.05. The molecule has 0 spiro atoms. The molecular formula is C14H19Cl2NO2. The second-order valence-corrected chi connectivity index (χ2v) is 5.01. The molecule has 5 heteroatoms. The Kier molecular flexibility index (Phi) is 7.68. The first-order valence-electron chi connectivity index (χ1n) is 6.48. The average molecular weight is 304 g/mol. The summed E-state index contributed by atoms with van der Waals surface area (Å²) in [6, 6.07) is 5.34. The highest BCUT2D eigenvalue weighted by molar-refractivity contribution is 6.35. The number of unbranched alkanes of at least 4 members (excludes halogenated alkanes) is 2. The topological polar surface area (TPSA) is 38.3 Å². The minimum absolute atomic E-state index is 0.117. The van der Waals surface area contributed by atoms with Gasteiger partial charge < -0.3 is 10.1 Å². The fraction of sp³-hybridized carbons (Fsp3) is 0.500. The van der Waals surface area contributed by atoms with Crippen LogP contribution in [0, 0.1) is 0 Å². The van der Waals surface area contributed by atoms with E-state index in [1.807, 2.05) is 13.0 Å². The Morgan fingerprint density at radius 1 is 1.26 bits per heavy atom. The molecule has 0 saturated carbocycles. The second-order valence-electron chi connectivity index (χ2n) is 4.17. The van der Waals surface area contributed by atoms with Crippen LogP contribution in [-0.2, 0) is 9.53 Å². The molecule has 0 aliphatic rings. The maximum absolute atomic E-state index is 11.1. The molecule has 0 radical (unpaired) electrons. The van der Waals surface area contributed by atoms with E-state index < -0.39 is 0 Å². The molecule has 0 heterocycles. The smallest absolute Gasteiger partial charge is 0.305 e. The third-order valence-corrected chi connectivity index (χ3v) is 3.17. The van der Waals surface area contributed by atoms with Crippen molar-refractivity contribution in [3.05, 3.63) is 28.2 Å². The number of ether oxygens (including phenoxy) is 1. The molecule has 0 fully saturated rings. The lowest BCUT2D eigenvalue weighted by molar-refractivity contribution is -0.143. The number of anilines is 1. The SMILES string of the molecule is CCOC(=O)CCCCCNc1cc(Cl)ccc1Cl. The predicted molar refractivity (Wildman–Crippen MR) is 80.1 cm³/mol. The van der Waals surface area contributed by atoms with Crippen LogP contribution in [0.25, 0.3) is 0 Å². The summed E-state index contributed by atoms with van der Waals surface area (Å²) in [6.45, 7) is 3.08. The van der Waals surface area contributed by atoms with Crippen molar-refractivity contribution in [3.8, 4) is 0 Å². The molecule has 1 rings (SSSR count). The molecule has 1 aromatic rings. The monoisotopic (exact) mass is 303 g/mol. The van der Waals surface area contributed by atoms with Crippen LogP contribution >= 0.6 is 23.2 Å². The molecular weight excluding hydrogens is 285 g/mol. The van der Waals surface area contributed by atoms with Crippen LogP contribution in [0.3, 0.4) is 0 Å². The summed E-state index contributed by atoms with van der Waals surface area (Å²) in [5.41, 5.74) is 0.847. The lowest BCUT2D eigenvalue weighted by atomic mass is 10.2. The van der Waals surface area contributed by atoms with Crippen molar-refractivity contribution >= 4 is 34.9 Å². The van der Waals surface area contributed by atoms with Gasteiger partial charge in [-0.25, -0.2) is 0 Å². The molecule has 19 heavy (non-hydrogen) atoms. The third kappa shape index (κ3) is 6.69. The van der Waals surface area contributed by atoms with E-state index in [-0.39, 0.29) is 5.97 Å². The number of carbonyl (C=O) groups is 1. The van der Waals surface area contributed by atoms with E-state index in [1.54, 1.807) is 12.1 Å². The van der Waals surface area contributed by atoms with Gasteiger partial charge in [0.25, 0.3) is 0 Å². The van der Waals surface area contributed by atoms with Crippen LogP contribution in [0.4, 0.5) is 5.69 Å². The van der Waals surface area contributed by atoms with Crippen LogP contribution in [0.5, 0.6) is 0 Å². The summed E-state index contributed by atoms with van der Waals surface area (Å²) < 4.78 is 4.86. The molecule has 0 saturated heterocycles. The molecule has 0 aliphatic carbocycles. The minimum Gasteiger partial charge on any atom is -0.466 e. The van der Waals surface area contributed by atoms with E-state index >= 15 is 0 Å².